The number of hydrogen-bond acceptors (Lipinski definition) is 6. The number of carbonyl (C=O) groups is 2. The molecule has 268 valence electrons. The lowest BCUT2D eigenvalue weighted by atomic mass is 9.84. The molecule has 0 saturated carbocycles. The van der Waals surface area contributed by atoms with Crippen LogP contribution >= 0.6 is 0 Å². The van der Waals surface area contributed by atoms with Gasteiger partial charge in [0.25, 0.3) is 0 Å². The fraction of sp³-hybridized carbons (Fsp3) is 0.650. The first kappa shape index (κ1) is 39.3. The number of hydrogen-bond donors (Lipinski definition) is 2. The van der Waals surface area contributed by atoms with Gasteiger partial charge in [0, 0.05) is 13.1 Å². The molecule has 2 aromatic carbocycles. The van der Waals surface area contributed by atoms with Gasteiger partial charge in [-0.05, 0) is 116 Å². The van der Waals surface area contributed by atoms with Gasteiger partial charge in [-0.15, -0.1) is 0 Å². The van der Waals surface area contributed by atoms with Crippen LogP contribution in [0.4, 0.5) is 9.59 Å². The van der Waals surface area contributed by atoms with E-state index in [4.69, 9.17) is 9.47 Å². The summed E-state index contributed by atoms with van der Waals surface area (Å²) in [6.45, 7) is 16.4. The van der Waals surface area contributed by atoms with Gasteiger partial charge in [-0.2, -0.15) is 0 Å². The number of ether oxygens (including phenoxy) is 2. The lowest BCUT2D eigenvalue weighted by molar-refractivity contribution is -0.0255. The van der Waals surface area contributed by atoms with Crippen LogP contribution in [0, 0.1) is 11.8 Å². The Morgan fingerprint density at radius 3 is 1.29 bits per heavy atom. The van der Waals surface area contributed by atoms with Crippen LogP contribution in [0.1, 0.15) is 105 Å². The van der Waals surface area contributed by atoms with Crippen LogP contribution < -0.4 is 0 Å². The monoisotopic (exact) mass is 666 g/mol. The minimum atomic E-state index is -0.514. The summed E-state index contributed by atoms with van der Waals surface area (Å²) in [4.78, 5) is 28.5. The van der Waals surface area contributed by atoms with Gasteiger partial charge in [0.05, 0.1) is 24.3 Å². The highest BCUT2D eigenvalue weighted by Gasteiger charge is 2.38. The minimum absolute atomic E-state index is 0.160. The molecule has 2 N–H and O–H groups in total. The van der Waals surface area contributed by atoms with Crippen molar-refractivity contribution in [3.8, 4) is 0 Å². The number of carbonyl (C=O) groups excluding carboxylic acids is 2. The predicted octanol–water partition coefficient (Wildman–Crippen LogP) is 8.03. The zero-order valence-electron chi connectivity index (χ0n) is 30.7. The van der Waals surface area contributed by atoms with Gasteiger partial charge in [0.15, 0.2) is 0 Å². The van der Waals surface area contributed by atoms with E-state index < -0.39 is 23.4 Å². The Bertz CT molecular complexity index is 1140. The molecule has 2 aromatic rings. The molecule has 2 fully saturated rings. The van der Waals surface area contributed by atoms with Crippen molar-refractivity contribution in [2.45, 2.75) is 142 Å². The highest BCUT2D eigenvalue weighted by atomic mass is 16.6. The maximum atomic E-state index is 12.5. The highest BCUT2D eigenvalue weighted by Crippen LogP contribution is 2.31. The van der Waals surface area contributed by atoms with Crippen LogP contribution in [-0.4, -0.2) is 80.8 Å². The van der Waals surface area contributed by atoms with Gasteiger partial charge in [-0.3, -0.25) is 0 Å². The lowest BCUT2D eigenvalue weighted by Gasteiger charge is -2.42. The molecule has 2 amide bonds. The first-order valence-electron chi connectivity index (χ1n) is 18.0. The van der Waals surface area contributed by atoms with Crippen LogP contribution in [0.5, 0.6) is 0 Å². The van der Waals surface area contributed by atoms with Crippen molar-refractivity contribution in [1.29, 1.82) is 0 Å². The zero-order valence-corrected chi connectivity index (χ0v) is 30.7. The van der Waals surface area contributed by atoms with Crippen LogP contribution in [-0.2, 0) is 22.3 Å². The SMILES string of the molecule is CC[C@@H](O)[C@H]1C[C@@H](Cc2ccccc2)CCN1C(=O)OC(C)(C)C.CC[C@H](O)[C@H]1C[C@@H](Cc2ccccc2)CCN1C(=O)OC(C)(C)C. The molecule has 0 aliphatic carbocycles. The van der Waals surface area contributed by atoms with Crippen LogP contribution in [0.25, 0.3) is 0 Å². The standard InChI is InChI=1S/2C20H31NO3/c2*1-5-18(22)17-14-16(13-15-9-7-6-8-10-15)11-12-21(17)19(23)24-20(2,3)4/h2*6-10,16-18,22H,5,11-14H2,1-4H3/t16-,17-,18+;16-,17-,18-/m11/s1. The summed E-state index contributed by atoms with van der Waals surface area (Å²) in [5.74, 6) is 0.967. The largest absolute Gasteiger partial charge is 0.444 e. The average molecular weight is 667 g/mol. The van der Waals surface area contributed by atoms with E-state index in [0.717, 1.165) is 38.5 Å². The van der Waals surface area contributed by atoms with E-state index >= 15 is 0 Å². The van der Waals surface area contributed by atoms with Crippen LogP contribution in [0.3, 0.4) is 0 Å². The van der Waals surface area contributed by atoms with E-state index in [1.165, 1.54) is 11.1 Å². The molecule has 4 rings (SSSR count). The highest BCUT2D eigenvalue weighted by molar-refractivity contribution is 5.69. The fourth-order valence-electron chi connectivity index (χ4n) is 6.78. The van der Waals surface area contributed by atoms with Gasteiger partial charge < -0.3 is 29.5 Å². The van der Waals surface area contributed by atoms with Crippen molar-refractivity contribution in [2.75, 3.05) is 13.1 Å². The normalized spacial score (nSPS) is 23.0. The molecule has 2 aliphatic heterocycles. The third-order valence-electron chi connectivity index (χ3n) is 9.22. The Morgan fingerprint density at radius 2 is 1.00 bits per heavy atom. The Hall–Kier alpha value is -3.10. The number of aliphatic hydroxyl groups is 2. The molecule has 0 unspecified atom stereocenters. The number of aliphatic hydroxyl groups excluding tert-OH is 2. The predicted molar refractivity (Wildman–Crippen MR) is 192 cm³/mol. The van der Waals surface area contributed by atoms with Gasteiger partial charge in [-0.25, -0.2) is 9.59 Å². The smallest absolute Gasteiger partial charge is 0.410 e. The molecular formula is C40H62N2O6. The maximum Gasteiger partial charge on any atom is 0.410 e. The van der Waals surface area contributed by atoms with Gasteiger partial charge in [0.1, 0.15) is 11.2 Å². The topological polar surface area (TPSA) is 99.5 Å². The van der Waals surface area contributed by atoms with E-state index in [1.54, 1.807) is 9.80 Å². The first-order valence-corrected chi connectivity index (χ1v) is 18.0. The molecule has 2 aliphatic rings. The van der Waals surface area contributed by atoms with Gasteiger partial charge in [0.2, 0.25) is 0 Å². The quantitative estimate of drug-likeness (QED) is 0.296. The molecule has 0 bridgehead atoms. The molecule has 8 heteroatoms. The van der Waals surface area contributed by atoms with E-state index in [-0.39, 0.29) is 24.3 Å². The summed E-state index contributed by atoms with van der Waals surface area (Å²) in [5.41, 5.74) is 1.61. The second-order valence-electron chi connectivity index (χ2n) is 15.6. The van der Waals surface area contributed by atoms with E-state index in [1.807, 2.05) is 67.5 Å². The third kappa shape index (κ3) is 12.7. The molecule has 6 atom stereocenters. The Balaban J connectivity index is 0.000000260. The van der Waals surface area contributed by atoms with E-state index in [0.29, 0.717) is 37.8 Å². The molecule has 2 saturated heterocycles. The lowest BCUT2D eigenvalue weighted by Crippen LogP contribution is -2.53. The molecule has 48 heavy (non-hydrogen) atoms. The number of likely N-dealkylation sites (tertiary alicyclic amines) is 2. The Labute approximate surface area is 289 Å². The molecule has 0 spiro atoms. The second-order valence-corrected chi connectivity index (χ2v) is 15.6. The average Bonchev–Trinajstić information content (AvgIpc) is 3.03. The molecule has 0 aromatic heterocycles. The summed E-state index contributed by atoms with van der Waals surface area (Å²) in [5, 5.41) is 20.9. The summed E-state index contributed by atoms with van der Waals surface area (Å²) in [7, 11) is 0. The fourth-order valence-corrected chi connectivity index (χ4v) is 6.78. The van der Waals surface area contributed by atoms with Crippen LogP contribution in [0.15, 0.2) is 60.7 Å². The summed E-state index contributed by atoms with van der Waals surface area (Å²) < 4.78 is 11.1. The molecule has 2 heterocycles. The summed E-state index contributed by atoms with van der Waals surface area (Å²) in [6, 6.07) is 20.5. The number of amides is 2. The van der Waals surface area contributed by atoms with Crippen molar-refractivity contribution >= 4 is 12.2 Å². The summed E-state index contributed by atoms with van der Waals surface area (Å²) in [6.07, 6.45) is 5.19. The molecule has 8 nitrogen and oxygen atoms in total. The minimum Gasteiger partial charge on any atom is -0.444 e. The first-order chi connectivity index (χ1) is 22.6. The molecular weight excluding hydrogens is 604 g/mol. The summed E-state index contributed by atoms with van der Waals surface area (Å²) >= 11 is 0. The van der Waals surface area contributed by atoms with E-state index in [2.05, 4.69) is 48.5 Å². The number of piperidine rings is 2. The van der Waals surface area contributed by atoms with Gasteiger partial charge >= 0.3 is 12.2 Å². The van der Waals surface area contributed by atoms with Crippen molar-refractivity contribution < 1.29 is 29.3 Å². The van der Waals surface area contributed by atoms with Crippen molar-refractivity contribution in [3.63, 3.8) is 0 Å². The Kier molecular flexibility index (Phi) is 14.8. The van der Waals surface area contributed by atoms with Crippen LogP contribution in [0.2, 0.25) is 0 Å². The van der Waals surface area contributed by atoms with Gasteiger partial charge in [-0.1, -0.05) is 74.5 Å². The Morgan fingerprint density at radius 1 is 0.667 bits per heavy atom. The zero-order chi connectivity index (χ0) is 35.5. The van der Waals surface area contributed by atoms with Crippen molar-refractivity contribution in [2.24, 2.45) is 11.8 Å². The second kappa shape index (κ2) is 18.1. The third-order valence-corrected chi connectivity index (χ3v) is 9.22. The maximum absolute atomic E-state index is 12.5. The van der Waals surface area contributed by atoms with Crippen molar-refractivity contribution in [3.05, 3.63) is 71.8 Å². The number of nitrogens with zero attached hydrogens (tertiary/aromatic N) is 2. The van der Waals surface area contributed by atoms with E-state index in [9.17, 15) is 19.8 Å². The van der Waals surface area contributed by atoms with Crippen molar-refractivity contribution in [1.82, 2.24) is 9.80 Å². The number of rotatable bonds is 8. The number of benzene rings is 2. The molecule has 0 radical (unpaired) electrons.